The molecular weight excluding hydrogens is 324 g/mol. The van der Waals surface area contributed by atoms with Gasteiger partial charge in [0.2, 0.25) is 0 Å². The zero-order valence-corrected chi connectivity index (χ0v) is 14.0. The third kappa shape index (κ3) is 5.13. The van der Waals surface area contributed by atoms with Gasteiger partial charge in [-0.2, -0.15) is 5.10 Å². The Hall–Kier alpha value is -3.22. The first kappa shape index (κ1) is 18.1. The molecule has 0 spiro atoms. The molecule has 0 radical (unpaired) electrons. The van der Waals surface area contributed by atoms with E-state index in [1.54, 1.807) is 25.1 Å². The van der Waals surface area contributed by atoms with E-state index in [0.717, 1.165) is 0 Å². The van der Waals surface area contributed by atoms with Crippen molar-refractivity contribution >= 4 is 12.1 Å². The molecule has 7 heteroatoms. The third-order valence-corrected chi connectivity index (χ3v) is 3.24. The van der Waals surface area contributed by atoms with Gasteiger partial charge in [-0.1, -0.05) is 12.1 Å². The fraction of sp³-hybridized carbons (Fsp3) is 0.222. The predicted octanol–water partition coefficient (Wildman–Crippen LogP) is 2.33. The fourth-order valence-corrected chi connectivity index (χ4v) is 2.12. The SMILES string of the molecule is CCOc1ccccc1OCC(=O)NN=Cc1c(C)cc(O)cc1O. The number of rotatable bonds is 7. The molecule has 0 saturated heterocycles. The van der Waals surface area contributed by atoms with Crippen LogP contribution in [0.3, 0.4) is 0 Å². The van der Waals surface area contributed by atoms with E-state index in [2.05, 4.69) is 10.5 Å². The van der Waals surface area contributed by atoms with Crippen molar-refractivity contribution in [2.45, 2.75) is 13.8 Å². The van der Waals surface area contributed by atoms with Crippen molar-refractivity contribution in [3.8, 4) is 23.0 Å². The van der Waals surface area contributed by atoms with Crippen LogP contribution in [0, 0.1) is 6.92 Å². The maximum absolute atomic E-state index is 11.8. The number of aryl methyl sites for hydroxylation is 1. The Morgan fingerprint density at radius 1 is 1.20 bits per heavy atom. The van der Waals surface area contributed by atoms with E-state index in [1.807, 2.05) is 13.0 Å². The van der Waals surface area contributed by atoms with Gasteiger partial charge in [0.25, 0.3) is 5.91 Å². The van der Waals surface area contributed by atoms with E-state index in [9.17, 15) is 15.0 Å². The van der Waals surface area contributed by atoms with Crippen LogP contribution in [-0.2, 0) is 4.79 Å². The number of carbonyl (C=O) groups excluding carboxylic acids is 1. The molecule has 2 rings (SSSR count). The number of amides is 1. The average Bonchev–Trinajstić information content (AvgIpc) is 2.56. The number of nitrogens with one attached hydrogen (secondary N) is 1. The third-order valence-electron chi connectivity index (χ3n) is 3.24. The number of phenols is 2. The summed E-state index contributed by atoms with van der Waals surface area (Å²) in [6.45, 7) is 3.82. The first-order chi connectivity index (χ1) is 12.0. The zero-order chi connectivity index (χ0) is 18.2. The number of hydrogen-bond donors (Lipinski definition) is 3. The lowest BCUT2D eigenvalue weighted by atomic mass is 10.1. The van der Waals surface area contributed by atoms with Crippen molar-refractivity contribution < 1.29 is 24.5 Å². The van der Waals surface area contributed by atoms with Gasteiger partial charge in [0.1, 0.15) is 11.5 Å². The quantitative estimate of drug-likeness (QED) is 0.529. The topological polar surface area (TPSA) is 100 Å². The van der Waals surface area contributed by atoms with Crippen molar-refractivity contribution in [1.29, 1.82) is 0 Å². The zero-order valence-electron chi connectivity index (χ0n) is 14.0. The molecule has 132 valence electrons. The summed E-state index contributed by atoms with van der Waals surface area (Å²) >= 11 is 0. The van der Waals surface area contributed by atoms with Crippen LogP contribution in [0.25, 0.3) is 0 Å². The highest BCUT2D eigenvalue weighted by Gasteiger charge is 2.08. The monoisotopic (exact) mass is 344 g/mol. The number of ether oxygens (including phenoxy) is 2. The molecular formula is C18H20N2O5. The highest BCUT2D eigenvalue weighted by Crippen LogP contribution is 2.26. The number of nitrogens with zero attached hydrogens (tertiary/aromatic N) is 1. The van der Waals surface area contributed by atoms with Crippen LogP contribution < -0.4 is 14.9 Å². The molecule has 0 heterocycles. The molecule has 1 amide bonds. The molecule has 0 fully saturated rings. The van der Waals surface area contributed by atoms with E-state index in [1.165, 1.54) is 18.3 Å². The van der Waals surface area contributed by atoms with E-state index in [4.69, 9.17) is 9.47 Å². The normalized spacial score (nSPS) is 10.6. The summed E-state index contributed by atoms with van der Waals surface area (Å²) in [5.41, 5.74) is 3.34. The Morgan fingerprint density at radius 3 is 2.52 bits per heavy atom. The number of phenolic OH excluding ortho intramolecular Hbond substituents is 2. The number of para-hydroxylation sites is 2. The molecule has 0 aliphatic heterocycles. The minimum atomic E-state index is -0.460. The smallest absolute Gasteiger partial charge is 0.277 e. The molecule has 0 bridgehead atoms. The summed E-state index contributed by atoms with van der Waals surface area (Å²) in [7, 11) is 0. The van der Waals surface area contributed by atoms with Gasteiger partial charge < -0.3 is 19.7 Å². The average molecular weight is 344 g/mol. The van der Waals surface area contributed by atoms with Gasteiger partial charge in [0.15, 0.2) is 18.1 Å². The van der Waals surface area contributed by atoms with Gasteiger partial charge >= 0.3 is 0 Å². The molecule has 0 unspecified atom stereocenters. The van der Waals surface area contributed by atoms with Gasteiger partial charge in [-0.15, -0.1) is 0 Å². The van der Waals surface area contributed by atoms with Crippen LogP contribution in [0.4, 0.5) is 0 Å². The molecule has 0 atom stereocenters. The molecule has 2 aromatic carbocycles. The van der Waals surface area contributed by atoms with Crippen molar-refractivity contribution in [1.82, 2.24) is 5.43 Å². The Labute approximate surface area is 145 Å². The number of aromatic hydroxyl groups is 2. The van der Waals surface area contributed by atoms with E-state index in [0.29, 0.717) is 29.2 Å². The highest BCUT2D eigenvalue weighted by atomic mass is 16.5. The maximum Gasteiger partial charge on any atom is 0.277 e. The summed E-state index contributed by atoms with van der Waals surface area (Å²) in [6, 6.07) is 9.74. The summed E-state index contributed by atoms with van der Waals surface area (Å²) in [5.74, 6) is 0.398. The molecule has 3 N–H and O–H groups in total. The summed E-state index contributed by atoms with van der Waals surface area (Å²) in [4.78, 5) is 11.8. The first-order valence-corrected chi connectivity index (χ1v) is 7.70. The Balaban J connectivity index is 1.91. The fourth-order valence-electron chi connectivity index (χ4n) is 2.12. The lowest BCUT2D eigenvalue weighted by Gasteiger charge is -2.10. The van der Waals surface area contributed by atoms with Crippen molar-refractivity contribution in [2.75, 3.05) is 13.2 Å². The van der Waals surface area contributed by atoms with Gasteiger partial charge in [-0.05, 0) is 37.6 Å². The summed E-state index contributed by atoms with van der Waals surface area (Å²) < 4.78 is 10.8. The van der Waals surface area contributed by atoms with Gasteiger partial charge in [-0.3, -0.25) is 4.79 Å². The van der Waals surface area contributed by atoms with E-state index >= 15 is 0 Å². The summed E-state index contributed by atoms with van der Waals surface area (Å²) in [6.07, 6.45) is 1.30. The van der Waals surface area contributed by atoms with Gasteiger partial charge in [-0.25, -0.2) is 5.43 Å². The second-order valence-corrected chi connectivity index (χ2v) is 5.16. The first-order valence-electron chi connectivity index (χ1n) is 7.70. The van der Waals surface area contributed by atoms with E-state index in [-0.39, 0.29) is 18.1 Å². The van der Waals surface area contributed by atoms with Crippen LogP contribution in [0.15, 0.2) is 41.5 Å². The predicted molar refractivity (Wildman–Crippen MR) is 93.4 cm³/mol. The molecule has 25 heavy (non-hydrogen) atoms. The highest BCUT2D eigenvalue weighted by molar-refractivity contribution is 5.87. The number of hydrogen-bond acceptors (Lipinski definition) is 6. The molecule has 0 aromatic heterocycles. The lowest BCUT2D eigenvalue weighted by Crippen LogP contribution is -2.24. The van der Waals surface area contributed by atoms with Crippen molar-refractivity contribution in [3.05, 3.63) is 47.5 Å². The number of carbonyl (C=O) groups is 1. The Bertz CT molecular complexity index is 751. The molecule has 7 nitrogen and oxygen atoms in total. The lowest BCUT2D eigenvalue weighted by molar-refractivity contribution is -0.123. The second kappa shape index (κ2) is 8.58. The second-order valence-electron chi connectivity index (χ2n) is 5.16. The number of hydrazone groups is 1. The number of benzene rings is 2. The van der Waals surface area contributed by atoms with Crippen LogP contribution in [-0.4, -0.2) is 35.5 Å². The van der Waals surface area contributed by atoms with Crippen LogP contribution in [0.5, 0.6) is 23.0 Å². The molecule has 0 saturated carbocycles. The standard InChI is InChI=1S/C18H20N2O5/c1-3-24-16-6-4-5-7-17(16)25-11-18(23)20-19-10-14-12(2)8-13(21)9-15(14)22/h4-10,21-22H,3,11H2,1-2H3,(H,20,23). The van der Waals surface area contributed by atoms with Gasteiger partial charge in [0.05, 0.1) is 12.8 Å². The van der Waals surface area contributed by atoms with Crippen molar-refractivity contribution in [3.63, 3.8) is 0 Å². The largest absolute Gasteiger partial charge is 0.508 e. The molecule has 0 aliphatic carbocycles. The van der Waals surface area contributed by atoms with Crippen LogP contribution in [0.2, 0.25) is 0 Å². The van der Waals surface area contributed by atoms with E-state index < -0.39 is 5.91 Å². The summed E-state index contributed by atoms with van der Waals surface area (Å²) in [5, 5.41) is 22.9. The van der Waals surface area contributed by atoms with Gasteiger partial charge in [0, 0.05) is 11.6 Å². The Morgan fingerprint density at radius 2 is 1.88 bits per heavy atom. The minimum Gasteiger partial charge on any atom is -0.508 e. The molecule has 0 aliphatic rings. The van der Waals surface area contributed by atoms with Crippen LogP contribution in [0.1, 0.15) is 18.1 Å². The molecule has 2 aromatic rings. The Kier molecular flexibility index (Phi) is 6.22. The minimum absolute atomic E-state index is 0.0439. The van der Waals surface area contributed by atoms with Crippen molar-refractivity contribution in [2.24, 2.45) is 5.10 Å². The maximum atomic E-state index is 11.8. The van der Waals surface area contributed by atoms with Crippen LogP contribution >= 0.6 is 0 Å².